The Morgan fingerprint density at radius 3 is 2.67 bits per heavy atom. The second kappa shape index (κ2) is 8.83. The molecule has 1 aliphatic heterocycles. The number of ketones is 1. The molecule has 1 unspecified atom stereocenters. The van der Waals surface area contributed by atoms with Gasteiger partial charge in [-0.05, 0) is 64.4 Å². The number of rotatable bonds is 7. The van der Waals surface area contributed by atoms with E-state index in [0.29, 0.717) is 23.8 Å². The smallest absolute Gasteiger partial charge is 0.260 e. The second-order valence-electron chi connectivity index (χ2n) is 6.47. The first-order valence-corrected chi connectivity index (χ1v) is 8.77. The lowest BCUT2D eigenvalue weighted by Gasteiger charge is -2.31. The number of nitrogens with zero attached hydrogens (tertiary/aromatic N) is 1. The van der Waals surface area contributed by atoms with Crippen molar-refractivity contribution < 1.29 is 14.3 Å². The van der Waals surface area contributed by atoms with Crippen LogP contribution in [-0.2, 0) is 4.79 Å². The summed E-state index contributed by atoms with van der Waals surface area (Å²) >= 11 is 0. The Morgan fingerprint density at radius 1 is 1.33 bits per heavy atom. The van der Waals surface area contributed by atoms with Gasteiger partial charge in [-0.25, -0.2) is 0 Å². The van der Waals surface area contributed by atoms with Gasteiger partial charge in [0.1, 0.15) is 5.75 Å². The van der Waals surface area contributed by atoms with Crippen molar-refractivity contribution in [3.05, 3.63) is 29.8 Å². The van der Waals surface area contributed by atoms with Crippen molar-refractivity contribution in [1.82, 2.24) is 10.2 Å². The minimum absolute atomic E-state index is 0.0176. The molecule has 24 heavy (non-hydrogen) atoms. The van der Waals surface area contributed by atoms with Gasteiger partial charge in [0.2, 0.25) is 0 Å². The molecule has 132 valence electrons. The van der Waals surface area contributed by atoms with E-state index in [-0.39, 0.29) is 11.7 Å². The molecule has 0 aliphatic carbocycles. The third-order valence-corrected chi connectivity index (χ3v) is 4.64. The third kappa shape index (κ3) is 5.34. The largest absolute Gasteiger partial charge is 0.481 e. The Labute approximate surface area is 144 Å². The van der Waals surface area contributed by atoms with Crippen LogP contribution in [0.2, 0.25) is 0 Å². The molecular weight excluding hydrogens is 304 g/mol. The number of likely N-dealkylation sites (tertiary alicyclic amines) is 1. The SMILES string of the molecule is CCN1CCC(CNC(=O)C(C)Oc2cccc(C(C)=O)c2)CC1. The van der Waals surface area contributed by atoms with Gasteiger partial charge in [-0.2, -0.15) is 0 Å². The molecule has 5 heteroatoms. The van der Waals surface area contributed by atoms with E-state index in [1.807, 2.05) is 0 Å². The zero-order valence-corrected chi connectivity index (χ0v) is 14.9. The van der Waals surface area contributed by atoms with E-state index >= 15 is 0 Å². The maximum Gasteiger partial charge on any atom is 0.260 e. The molecule has 1 aromatic rings. The van der Waals surface area contributed by atoms with Crippen LogP contribution in [0.5, 0.6) is 5.75 Å². The first kappa shape index (κ1) is 18.5. The fourth-order valence-corrected chi connectivity index (χ4v) is 2.94. The summed E-state index contributed by atoms with van der Waals surface area (Å²) in [5, 5.41) is 2.99. The molecule has 1 aromatic carbocycles. The van der Waals surface area contributed by atoms with Crippen molar-refractivity contribution in [2.24, 2.45) is 5.92 Å². The van der Waals surface area contributed by atoms with Crippen LogP contribution in [0.25, 0.3) is 0 Å². The molecule has 1 fully saturated rings. The van der Waals surface area contributed by atoms with Crippen molar-refractivity contribution >= 4 is 11.7 Å². The molecule has 0 aromatic heterocycles. The lowest BCUT2D eigenvalue weighted by atomic mass is 9.97. The van der Waals surface area contributed by atoms with Crippen molar-refractivity contribution in [2.75, 3.05) is 26.2 Å². The number of piperidine rings is 1. The summed E-state index contributed by atoms with van der Waals surface area (Å²) in [5.41, 5.74) is 0.586. The number of hydrogen-bond donors (Lipinski definition) is 1. The summed E-state index contributed by atoms with van der Waals surface area (Å²) in [4.78, 5) is 26.1. The molecule has 0 bridgehead atoms. The number of carbonyl (C=O) groups excluding carboxylic acids is 2. The van der Waals surface area contributed by atoms with Gasteiger partial charge in [0.25, 0.3) is 5.91 Å². The van der Waals surface area contributed by atoms with E-state index in [1.54, 1.807) is 31.2 Å². The number of nitrogens with one attached hydrogen (secondary N) is 1. The van der Waals surface area contributed by atoms with E-state index in [0.717, 1.165) is 32.5 Å². The Balaban J connectivity index is 1.78. The van der Waals surface area contributed by atoms with Gasteiger partial charge < -0.3 is 15.0 Å². The number of amides is 1. The molecule has 5 nitrogen and oxygen atoms in total. The van der Waals surface area contributed by atoms with E-state index in [4.69, 9.17) is 4.74 Å². The number of benzene rings is 1. The minimum atomic E-state index is -0.581. The van der Waals surface area contributed by atoms with Gasteiger partial charge in [-0.3, -0.25) is 9.59 Å². The number of ether oxygens (including phenoxy) is 1. The third-order valence-electron chi connectivity index (χ3n) is 4.64. The maximum absolute atomic E-state index is 12.2. The fourth-order valence-electron chi connectivity index (χ4n) is 2.94. The van der Waals surface area contributed by atoms with Crippen LogP contribution < -0.4 is 10.1 Å². The minimum Gasteiger partial charge on any atom is -0.481 e. The van der Waals surface area contributed by atoms with Gasteiger partial charge in [0, 0.05) is 12.1 Å². The summed E-state index contributed by atoms with van der Waals surface area (Å²) in [6.07, 6.45) is 1.68. The quantitative estimate of drug-likeness (QED) is 0.780. The number of carbonyl (C=O) groups is 2. The van der Waals surface area contributed by atoms with Crippen LogP contribution in [0.1, 0.15) is 44.0 Å². The summed E-state index contributed by atoms with van der Waals surface area (Å²) in [5.74, 6) is 0.962. The van der Waals surface area contributed by atoms with E-state index < -0.39 is 6.10 Å². The Bertz CT molecular complexity index is 565. The zero-order chi connectivity index (χ0) is 17.5. The van der Waals surface area contributed by atoms with Crippen LogP contribution >= 0.6 is 0 Å². The molecular formula is C19H28N2O3. The molecule has 1 saturated heterocycles. The summed E-state index contributed by atoms with van der Waals surface area (Å²) in [6.45, 7) is 9.46. The highest BCUT2D eigenvalue weighted by Gasteiger charge is 2.20. The molecule has 1 amide bonds. The van der Waals surface area contributed by atoms with Crippen molar-refractivity contribution in [2.45, 2.75) is 39.7 Å². The predicted molar refractivity (Wildman–Crippen MR) is 94.4 cm³/mol. The van der Waals surface area contributed by atoms with Crippen molar-refractivity contribution in [3.8, 4) is 5.75 Å². The average molecular weight is 332 g/mol. The molecule has 1 heterocycles. The highest BCUT2D eigenvalue weighted by molar-refractivity contribution is 5.94. The summed E-state index contributed by atoms with van der Waals surface area (Å²) < 4.78 is 5.67. The molecule has 0 spiro atoms. The van der Waals surface area contributed by atoms with Crippen LogP contribution in [0.4, 0.5) is 0 Å². The Kier molecular flexibility index (Phi) is 6.79. The highest BCUT2D eigenvalue weighted by Crippen LogP contribution is 2.17. The van der Waals surface area contributed by atoms with Gasteiger partial charge in [-0.15, -0.1) is 0 Å². The molecule has 2 rings (SSSR count). The maximum atomic E-state index is 12.2. The number of Topliss-reactive ketones (excluding diaryl/α,β-unsaturated/α-hetero) is 1. The summed E-state index contributed by atoms with van der Waals surface area (Å²) in [6, 6.07) is 6.93. The van der Waals surface area contributed by atoms with Gasteiger partial charge in [0.15, 0.2) is 11.9 Å². The van der Waals surface area contributed by atoms with Crippen molar-refractivity contribution in [1.29, 1.82) is 0 Å². The second-order valence-corrected chi connectivity index (χ2v) is 6.47. The van der Waals surface area contributed by atoms with Crippen LogP contribution in [0.15, 0.2) is 24.3 Å². The monoisotopic (exact) mass is 332 g/mol. The van der Waals surface area contributed by atoms with Crippen LogP contribution in [-0.4, -0.2) is 48.9 Å². The fraction of sp³-hybridized carbons (Fsp3) is 0.579. The lowest BCUT2D eigenvalue weighted by molar-refractivity contribution is -0.127. The topological polar surface area (TPSA) is 58.6 Å². The number of hydrogen-bond acceptors (Lipinski definition) is 4. The molecule has 1 atom stereocenters. The molecule has 0 radical (unpaired) electrons. The predicted octanol–water partition coefficient (Wildman–Crippen LogP) is 2.50. The van der Waals surface area contributed by atoms with E-state index in [9.17, 15) is 9.59 Å². The van der Waals surface area contributed by atoms with Crippen LogP contribution in [0, 0.1) is 5.92 Å². The Morgan fingerprint density at radius 2 is 2.04 bits per heavy atom. The zero-order valence-electron chi connectivity index (χ0n) is 14.9. The van der Waals surface area contributed by atoms with E-state index in [2.05, 4.69) is 17.1 Å². The van der Waals surface area contributed by atoms with Crippen LogP contribution in [0.3, 0.4) is 0 Å². The lowest BCUT2D eigenvalue weighted by Crippen LogP contribution is -2.42. The average Bonchev–Trinajstić information content (AvgIpc) is 2.60. The van der Waals surface area contributed by atoms with Gasteiger partial charge >= 0.3 is 0 Å². The molecule has 1 N–H and O–H groups in total. The summed E-state index contributed by atoms with van der Waals surface area (Å²) in [7, 11) is 0. The molecule has 1 aliphatic rings. The van der Waals surface area contributed by atoms with Gasteiger partial charge in [0.05, 0.1) is 0 Å². The highest BCUT2D eigenvalue weighted by atomic mass is 16.5. The van der Waals surface area contributed by atoms with Crippen molar-refractivity contribution in [3.63, 3.8) is 0 Å². The standard InChI is InChI=1S/C19H28N2O3/c1-4-21-10-8-16(9-11-21)13-20-19(23)15(3)24-18-7-5-6-17(12-18)14(2)22/h5-7,12,15-16H,4,8-11,13H2,1-3H3,(H,20,23). The molecule has 0 saturated carbocycles. The van der Waals surface area contributed by atoms with Gasteiger partial charge in [-0.1, -0.05) is 19.1 Å². The first-order valence-electron chi connectivity index (χ1n) is 8.77. The Hall–Kier alpha value is -1.88. The van der Waals surface area contributed by atoms with E-state index in [1.165, 1.54) is 6.92 Å². The first-order chi connectivity index (χ1) is 11.5. The normalized spacial score (nSPS) is 17.3.